The van der Waals surface area contributed by atoms with Gasteiger partial charge in [-0.3, -0.25) is 0 Å². The average Bonchev–Trinajstić information content (AvgIpc) is 2.01. The SMILES string of the molecule is C[NH+](C)CCc1cccc(O)c1.[Br-]. The minimum Gasteiger partial charge on any atom is -1.00 e. The Hall–Kier alpha value is -0.540. The summed E-state index contributed by atoms with van der Waals surface area (Å²) in [4.78, 5) is 1.43. The molecule has 0 bridgehead atoms. The van der Waals surface area contributed by atoms with Crippen molar-refractivity contribution in [3.8, 4) is 5.75 Å². The van der Waals surface area contributed by atoms with Gasteiger partial charge in [-0.1, -0.05) is 12.1 Å². The fourth-order valence-electron chi connectivity index (χ4n) is 1.11. The van der Waals surface area contributed by atoms with Crippen molar-refractivity contribution in [1.82, 2.24) is 0 Å². The Morgan fingerprint density at radius 3 is 2.54 bits per heavy atom. The molecule has 0 aliphatic rings. The Morgan fingerprint density at radius 2 is 2.00 bits per heavy atom. The van der Waals surface area contributed by atoms with E-state index in [0.29, 0.717) is 5.75 Å². The Labute approximate surface area is 90.0 Å². The van der Waals surface area contributed by atoms with Crippen LogP contribution in [0.5, 0.6) is 5.75 Å². The number of aromatic hydroxyl groups is 1. The summed E-state index contributed by atoms with van der Waals surface area (Å²) in [6, 6.07) is 7.45. The average molecular weight is 246 g/mol. The number of hydrogen-bond acceptors (Lipinski definition) is 1. The first-order chi connectivity index (χ1) is 5.68. The van der Waals surface area contributed by atoms with Crippen molar-refractivity contribution in [2.45, 2.75) is 6.42 Å². The van der Waals surface area contributed by atoms with E-state index >= 15 is 0 Å². The first-order valence-corrected chi connectivity index (χ1v) is 4.25. The topological polar surface area (TPSA) is 24.7 Å². The smallest absolute Gasteiger partial charge is 0.115 e. The summed E-state index contributed by atoms with van der Waals surface area (Å²) in [7, 11) is 4.26. The number of nitrogens with one attached hydrogen (secondary N) is 1. The molecular weight excluding hydrogens is 230 g/mol. The third-order valence-electron chi connectivity index (χ3n) is 1.82. The normalized spacial score (nSPS) is 9.77. The molecule has 0 heterocycles. The molecule has 0 aromatic heterocycles. The van der Waals surface area contributed by atoms with Gasteiger partial charge in [0.2, 0.25) is 0 Å². The molecule has 0 unspecified atom stereocenters. The standard InChI is InChI=1S/C10H15NO.BrH/c1-11(2)7-6-9-4-3-5-10(12)8-9;/h3-5,8,12H,6-7H2,1-2H3;1H. The molecule has 0 radical (unpaired) electrons. The zero-order valence-electron chi connectivity index (χ0n) is 8.05. The maximum Gasteiger partial charge on any atom is 0.115 e. The molecular formula is C10H16BrNO. The number of rotatable bonds is 3. The molecule has 0 saturated heterocycles. The summed E-state index contributed by atoms with van der Waals surface area (Å²) in [5, 5.41) is 9.17. The quantitative estimate of drug-likeness (QED) is 0.587. The van der Waals surface area contributed by atoms with E-state index in [2.05, 4.69) is 14.1 Å². The third-order valence-corrected chi connectivity index (χ3v) is 1.82. The van der Waals surface area contributed by atoms with Crippen molar-refractivity contribution in [3.05, 3.63) is 29.8 Å². The van der Waals surface area contributed by atoms with Crippen LogP contribution in [0.3, 0.4) is 0 Å². The molecule has 0 fully saturated rings. The summed E-state index contributed by atoms with van der Waals surface area (Å²) in [6.45, 7) is 1.10. The van der Waals surface area contributed by atoms with Gasteiger partial charge in [0, 0.05) is 6.42 Å². The van der Waals surface area contributed by atoms with Crippen molar-refractivity contribution in [2.24, 2.45) is 0 Å². The molecule has 0 atom stereocenters. The first-order valence-electron chi connectivity index (χ1n) is 4.25. The summed E-state index contributed by atoms with van der Waals surface area (Å²) in [6.07, 6.45) is 1.02. The zero-order valence-corrected chi connectivity index (χ0v) is 9.63. The fourth-order valence-corrected chi connectivity index (χ4v) is 1.11. The van der Waals surface area contributed by atoms with Crippen molar-refractivity contribution < 1.29 is 27.0 Å². The number of benzene rings is 1. The second-order valence-corrected chi connectivity index (χ2v) is 3.38. The lowest BCUT2D eigenvalue weighted by atomic mass is 10.1. The van der Waals surface area contributed by atoms with E-state index in [1.165, 1.54) is 10.5 Å². The van der Waals surface area contributed by atoms with Gasteiger partial charge >= 0.3 is 0 Å². The Balaban J connectivity index is 0.00000144. The summed E-state index contributed by atoms with van der Waals surface area (Å²) < 4.78 is 0. The van der Waals surface area contributed by atoms with E-state index in [-0.39, 0.29) is 17.0 Å². The monoisotopic (exact) mass is 245 g/mol. The van der Waals surface area contributed by atoms with Gasteiger partial charge in [-0.15, -0.1) is 0 Å². The van der Waals surface area contributed by atoms with E-state index < -0.39 is 0 Å². The summed E-state index contributed by atoms with van der Waals surface area (Å²) in [5.74, 6) is 0.362. The van der Waals surface area contributed by atoms with Crippen molar-refractivity contribution in [3.63, 3.8) is 0 Å². The highest BCUT2D eigenvalue weighted by Crippen LogP contribution is 2.10. The minimum atomic E-state index is 0. The van der Waals surface area contributed by atoms with Crippen molar-refractivity contribution in [1.29, 1.82) is 0 Å². The highest BCUT2D eigenvalue weighted by molar-refractivity contribution is 5.27. The van der Waals surface area contributed by atoms with Crippen LogP contribution in [0.4, 0.5) is 0 Å². The Kier molecular flexibility index (Phi) is 5.75. The van der Waals surface area contributed by atoms with Gasteiger partial charge in [0.1, 0.15) is 5.75 Å². The van der Waals surface area contributed by atoms with Crippen LogP contribution in [-0.2, 0) is 6.42 Å². The van der Waals surface area contributed by atoms with E-state index in [1.807, 2.05) is 18.2 Å². The van der Waals surface area contributed by atoms with Crippen LogP contribution in [0, 0.1) is 0 Å². The van der Waals surface area contributed by atoms with Crippen LogP contribution >= 0.6 is 0 Å². The second kappa shape index (κ2) is 6.00. The maximum atomic E-state index is 9.17. The van der Waals surface area contributed by atoms with E-state index in [4.69, 9.17) is 0 Å². The third kappa shape index (κ3) is 4.90. The van der Waals surface area contributed by atoms with Crippen LogP contribution in [0.15, 0.2) is 24.3 Å². The largest absolute Gasteiger partial charge is 1.00 e. The van der Waals surface area contributed by atoms with Gasteiger partial charge < -0.3 is 27.0 Å². The Morgan fingerprint density at radius 1 is 1.31 bits per heavy atom. The summed E-state index contributed by atoms with van der Waals surface area (Å²) in [5.41, 5.74) is 1.20. The number of halogens is 1. The molecule has 0 spiro atoms. The van der Waals surface area contributed by atoms with Crippen LogP contribution in [0.2, 0.25) is 0 Å². The lowest BCUT2D eigenvalue weighted by Crippen LogP contribution is -3.05. The molecule has 74 valence electrons. The zero-order chi connectivity index (χ0) is 8.97. The van der Waals surface area contributed by atoms with E-state index in [0.717, 1.165) is 13.0 Å². The van der Waals surface area contributed by atoms with E-state index in [1.54, 1.807) is 6.07 Å². The lowest BCUT2D eigenvalue weighted by Gasteiger charge is -2.06. The van der Waals surface area contributed by atoms with Gasteiger partial charge in [0.15, 0.2) is 0 Å². The summed E-state index contributed by atoms with van der Waals surface area (Å²) >= 11 is 0. The molecule has 1 aromatic rings. The highest BCUT2D eigenvalue weighted by Gasteiger charge is 1.97. The molecule has 1 aromatic carbocycles. The molecule has 3 heteroatoms. The van der Waals surface area contributed by atoms with Gasteiger partial charge in [0.05, 0.1) is 20.6 Å². The fraction of sp³-hybridized carbons (Fsp3) is 0.400. The van der Waals surface area contributed by atoms with Crippen LogP contribution in [-0.4, -0.2) is 25.7 Å². The van der Waals surface area contributed by atoms with Gasteiger partial charge in [-0.25, -0.2) is 0 Å². The predicted molar refractivity (Wildman–Crippen MR) is 49.5 cm³/mol. The molecule has 1 rings (SSSR count). The number of phenolic OH excluding ortho intramolecular Hbond substituents is 1. The van der Waals surface area contributed by atoms with Gasteiger partial charge in [-0.2, -0.15) is 0 Å². The number of quaternary nitrogens is 1. The molecule has 0 amide bonds. The second-order valence-electron chi connectivity index (χ2n) is 3.38. The van der Waals surface area contributed by atoms with Gasteiger partial charge in [0.25, 0.3) is 0 Å². The molecule has 0 aliphatic carbocycles. The minimum absolute atomic E-state index is 0. The van der Waals surface area contributed by atoms with Crippen molar-refractivity contribution in [2.75, 3.05) is 20.6 Å². The molecule has 2 nitrogen and oxygen atoms in total. The van der Waals surface area contributed by atoms with E-state index in [9.17, 15) is 5.11 Å². The molecule has 13 heavy (non-hydrogen) atoms. The van der Waals surface area contributed by atoms with Crippen molar-refractivity contribution >= 4 is 0 Å². The predicted octanol–water partition coefficient (Wildman–Crippen LogP) is -2.92. The first kappa shape index (κ1) is 12.5. The maximum absolute atomic E-state index is 9.17. The molecule has 2 N–H and O–H groups in total. The number of hydrogen-bond donors (Lipinski definition) is 2. The van der Waals surface area contributed by atoms with Crippen LogP contribution in [0.25, 0.3) is 0 Å². The highest BCUT2D eigenvalue weighted by atomic mass is 79.9. The molecule has 0 saturated carbocycles. The lowest BCUT2D eigenvalue weighted by molar-refractivity contribution is -0.858. The van der Waals surface area contributed by atoms with Crippen LogP contribution < -0.4 is 21.9 Å². The Bertz CT molecular complexity index is 250. The number of phenols is 1. The van der Waals surface area contributed by atoms with Gasteiger partial charge in [-0.05, 0) is 17.7 Å². The number of likely N-dealkylation sites (N-methyl/N-ethyl adjacent to an activating group) is 1. The van der Waals surface area contributed by atoms with Crippen LogP contribution in [0.1, 0.15) is 5.56 Å². The molecule has 0 aliphatic heterocycles.